The number of hydrogen-bond acceptors (Lipinski definition) is 4. The van der Waals surface area contributed by atoms with E-state index in [1.165, 1.54) is 0 Å². The fourth-order valence-corrected chi connectivity index (χ4v) is 1.77. The summed E-state index contributed by atoms with van der Waals surface area (Å²) < 4.78 is 10.6. The van der Waals surface area contributed by atoms with Crippen molar-refractivity contribution in [2.45, 2.75) is 13.8 Å². The van der Waals surface area contributed by atoms with E-state index in [2.05, 4.69) is 5.32 Å². The quantitative estimate of drug-likeness (QED) is 0.792. The molecule has 0 unspecified atom stereocenters. The summed E-state index contributed by atoms with van der Waals surface area (Å²) in [5.41, 5.74) is 2.56. The van der Waals surface area contributed by atoms with Crippen LogP contribution in [0.3, 0.4) is 0 Å². The van der Waals surface area contributed by atoms with E-state index in [4.69, 9.17) is 9.47 Å². The molecule has 0 aliphatic carbocycles. The molecule has 0 aromatic heterocycles. The Bertz CT molecular complexity index is 427. The summed E-state index contributed by atoms with van der Waals surface area (Å²) in [5, 5.41) is 2.84. The molecular weight excluding hydrogens is 218 g/mol. The third-order valence-corrected chi connectivity index (χ3v) is 2.79. The fourth-order valence-electron chi connectivity index (χ4n) is 1.77. The van der Waals surface area contributed by atoms with Crippen molar-refractivity contribution >= 4 is 5.78 Å². The molecule has 0 saturated carbocycles. The standard InChI is InChI=1S/C13H19NO3/c1-8-6-10(11(15)7-14-3)13(17-5)12(16-4)9(8)2/h6,14H,7H2,1-5H3. The van der Waals surface area contributed by atoms with Crippen LogP contribution in [0.25, 0.3) is 0 Å². The van der Waals surface area contributed by atoms with Crippen LogP contribution in [0.1, 0.15) is 21.5 Å². The Hall–Kier alpha value is -1.55. The van der Waals surface area contributed by atoms with Gasteiger partial charge in [-0.2, -0.15) is 0 Å². The molecule has 4 nitrogen and oxygen atoms in total. The van der Waals surface area contributed by atoms with Gasteiger partial charge in [0, 0.05) is 0 Å². The molecule has 0 bridgehead atoms. The van der Waals surface area contributed by atoms with E-state index in [1.807, 2.05) is 19.9 Å². The molecule has 0 atom stereocenters. The zero-order valence-electron chi connectivity index (χ0n) is 11.0. The lowest BCUT2D eigenvalue weighted by atomic mass is 10.0. The average Bonchev–Trinajstić information content (AvgIpc) is 2.32. The van der Waals surface area contributed by atoms with Crippen molar-refractivity contribution in [1.82, 2.24) is 5.32 Å². The monoisotopic (exact) mass is 237 g/mol. The van der Waals surface area contributed by atoms with Gasteiger partial charge in [-0.1, -0.05) is 0 Å². The molecule has 0 spiro atoms. The largest absolute Gasteiger partial charge is 0.493 e. The van der Waals surface area contributed by atoms with E-state index >= 15 is 0 Å². The second kappa shape index (κ2) is 5.68. The maximum atomic E-state index is 12.0. The van der Waals surface area contributed by atoms with Gasteiger partial charge in [-0.3, -0.25) is 4.79 Å². The number of methoxy groups -OCH3 is 2. The van der Waals surface area contributed by atoms with Crippen LogP contribution in [0, 0.1) is 13.8 Å². The summed E-state index contributed by atoms with van der Waals surface area (Å²) in [4.78, 5) is 12.0. The number of ether oxygens (including phenoxy) is 2. The first-order valence-electron chi connectivity index (χ1n) is 5.46. The van der Waals surface area contributed by atoms with E-state index in [-0.39, 0.29) is 12.3 Å². The van der Waals surface area contributed by atoms with Gasteiger partial charge in [-0.05, 0) is 38.1 Å². The number of carbonyl (C=O) groups is 1. The van der Waals surface area contributed by atoms with Crippen LogP contribution < -0.4 is 14.8 Å². The van der Waals surface area contributed by atoms with Gasteiger partial charge in [0.05, 0.1) is 26.3 Å². The molecule has 0 fully saturated rings. The van der Waals surface area contributed by atoms with Crippen molar-refractivity contribution in [3.63, 3.8) is 0 Å². The van der Waals surface area contributed by atoms with Crippen LogP contribution in [-0.4, -0.2) is 33.6 Å². The molecule has 1 N–H and O–H groups in total. The third kappa shape index (κ3) is 2.58. The van der Waals surface area contributed by atoms with Gasteiger partial charge >= 0.3 is 0 Å². The molecule has 0 aliphatic rings. The maximum absolute atomic E-state index is 12.0. The molecule has 1 aromatic rings. The highest BCUT2D eigenvalue weighted by Crippen LogP contribution is 2.36. The van der Waals surface area contributed by atoms with Crippen molar-refractivity contribution < 1.29 is 14.3 Å². The number of aryl methyl sites for hydroxylation is 1. The van der Waals surface area contributed by atoms with Crippen LogP contribution >= 0.6 is 0 Å². The van der Waals surface area contributed by atoms with Crippen LogP contribution in [0.5, 0.6) is 11.5 Å². The Kier molecular flexibility index (Phi) is 4.52. The van der Waals surface area contributed by atoms with Crippen LogP contribution in [0.4, 0.5) is 0 Å². The van der Waals surface area contributed by atoms with Gasteiger partial charge < -0.3 is 14.8 Å². The first-order valence-corrected chi connectivity index (χ1v) is 5.46. The Morgan fingerprint density at radius 2 is 1.82 bits per heavy atom. The second-order valence-corrected chi connectivity index (χ2v) is 3.89. The third-order valence-electron chi connectivity index (χ3n) is 2.79. The minimum absolute atomic E-state index is 0.00856. The van der Waals surface area contributed by atoms with Gasteiger partial charge in [0.2, 0.25) is 0 Å². The van der Waals surface area contributed by atoms with Crippen LogP contribution in [0.2, 0.25) is 0 Å². The second-order valence-electron chi connectivity index (χ2n) is 3.89. The molecular formula is C13H19NO3. The number of rotatable bonds is 5. The Balaban J connectivity index is 3.39. The highest BCUT2D eigenvalue weighted by Gasteiger charge is 2.19. The molecule has 0 aliphatic heterocycles. The van der Waals surface area contributed by atoms with E-state index < -0.39 is 0 Å². The molecule has 0 heterocycles. The summed E-state index contributed by atoms with van der Waals surface area (Å²) in [6, 6.07) is 1.84. The Labute approximate surface area is 102 Å². The van der Waals surface area contributed by atoms with E-state index in [0.717, 1.165) is 11.1 Å². The van der Waals surface area contributed by atoms with Crippen molar-refractivity contribution in [3.8, 4) is 11.5 Å². The number of carbonyl (C=O) groups excluding carboxylic acids is 1. The van der Waals surface area contributed by atoms with Crippen molar-refractivity contribution in [1.29, 1.82) is 0 Å². The zero-order valence-corrected chi connectivity index (χ0v) is 11.0. The number of hydrogen-bond donors (Lipinski definition) is 1. The van der Waals surface area contributed by atoms with Gasteiger partial charge in [0.25, 0.3) is 0 Å². The minimum atomic E-state index is -0.00856. The first kappa shape index (κ1) is 13.5. The number of Topliss-reactive ketones (excluding diaryl/α,β-unsaturated/α-hetero) is 1. The zero-order chi connectivity index (χ0) is 13.0. The van der Waals surface area contributed by atoms with Gasteiger partial charge in [-0.15, -0.1) is 0 Å². The maximum Gasteiger partial charge on any atom is 0.180 e. The lowest BCUT2D eigenvalue weighted by Gasteiger charge is -2.16. The predicted octanol–water partition coefficient (Wildman–Crippen LogP) is 1.72. The molecule has 0 amide bonds. The average molecular weight is 237 g/mol. The smallest absolute Gasteiger partial charge is 0.180 e. The summed E-state index contributed by atoms with van der Waals surface area (Å²) in [6.45, 7) is 4.18. The number of nitrogens with one attached hydrogen (secondary N) is 1. The first-order chi connectivity index (χ1) is 8.06. The minimum Gasteiger partial charge on any atom is -0.493 e. The SMILES string of the molecule is CNCC(=O)c1cc(C)c(C)c(OC)c1OC. The summed E-state index contributed by atoms with van der Waals surface area (Å²) in [7, 11) is 4.86. The molecule has 4 heteroatoms. The number of likely N-dealkylation sites (N-methyl/N-ethyl adjacent to an activating group) is 1. The van der Waals surface area contributed by atoms with Gasteiger partial charge in [-0.25, -0.2) is 0 Å². The molecule has 1 aromatic carbocycles. The molecule has 94 valence electrons. The van der Waals surface area contributed by atoms with Crippen molar-refractivity contribution in [3.05, 3.63) is 22.8 Å². The topological polar surface area (TPSA) is 47.6 Å². The van der Waals surface area contributed by atoms with Gasteiger partial charge in [0.1, 0.15) is 0 Å². The van der Waals surface area contributed by atoms with E-state index in [1.54, 1.807) is 21.3 Å². The predicted molar refractivity (Wildman–Crippen MR) is 67.3 cm³/mol. The van der Waals surface area contributed by atoms with E-state index in [0.29, 0.717) is 17.1 Å². The molecule has 0 radical (unpaired) electrons. The highest BCUT2D eigenvalue weighted by molar-refractivity contribution is 6.01. The Morgan fingerprint density at radius 3 is 2.29 bits per heavy atom. The summed E-state index contributed by atoms with van der Waals surface area (Å²) in [5.74, 6) is 1.13. The molecule has 17 heavy (non-hydrogen) atoms. The normalized spacial score (nSPS) is 10.2. The van der Waals surface area contributed by atoms with Crippen LogP contribution in [-0.2, 0) is 0 Å². The van der Waals surface area contributed by atoms with E-state index in [9.17, 15) is 4.79 Å². The molecule has 1 rings (SSSR count). The van der Waals surface area contributed by atoms with Crippen molar-refractivity contribution in [2.24, 2.45) is 0 Å². The highest BCUT2D eigenvalue weighted by atomic mass is 16.5. The number of benzene rings is 1. The van der Waals surface area contributed by atoms with Gasteiger partial charge in [0.15, 0.2) is 17.3 Å². The molecule has 0 saturated heterocycles. The summed E-state index contributed by atoms with van der Waals surface area (Å²) >= 11 is 0. The lowest BCUT2D eigenvalue weighted by molar-refractivity contribution is 0.0990. The fraction of sp³-hybridized carbons (Fsp3) is 0.462. The Morgan fingerprint density at radius 1 is 1.24 bits per heavy atom. The summed E-state index contributed by atoms with van der Waals surface area (Å²) in [6.07, 6.45) is 0. The number of ketones is 1. The van der Waals surface area contributed by atoms with Crippen LogP contribution in [0.15, 0.2) is 6.07 Å². The lowest BCUT2D eigenvalue weighted by Crippen LogP contribution is -2.19. The van der Waals surface area contributed by atoms with Crippen molar-refractivity contribution in [2.75, 3.05) is 27.8 Å².